The smallest absolute Gasteiger partial charge is 0.225 e. The van der Waals surface area contributed by atoms with E-state index in [0.29, 0.717) is 24.5 Å². The van der Waals surface area contributed by atoms with E-state index in [2.05, 4.69) is 49.4 Å². The number of rotatable bonds is 7. The standard InChI is InChI=1S/C24H27N5O2/c1-31-22-10-7-19(8-11-22)9-12-23(30)27-20-17-25-24(26-18-20)29-15-13-28(14-16-29)21-5-3-2-4-6-21/h2-8,10-11,17-18H,9,12-16H2,1H3,(H,27,30). The molecule has 1 aliphatic heterocycles. The van der Waals surface area contributed by atoms with Crippen LogP contribution in [0.15, 0.2) is 67.0 Å². The number of hydrogen-bond donors (Lipinski definition) is 1. The van der Waals surface area contributed by atoms with Crippen LogP contribution >= 0.6 is 0 Å². The van der Waals surface area contributed by atoms with E-state index >= 15 is 0 Å². The molecule has 1 aliphatic rings. The summed E-state index contributed by atoms with van der Waals surface area (Å²) in [5.74, 6) is 1.46. The van der Waals surface area contributed by atoms with Gasteiger partial charge in [0.05, 0.1) is 25.2 Å². The third kappa shape index (κ3) is 5.51. The molecule has 160 valence electrons. The fourth-order valence-electron chi connectivity index (χ4n) is 3.63. The maximum absolute atomic E-state index is 12.3. The van der Waals surface area contributed by atoms with Crippen molar-refractivity contribution in [3.63, 3.8) is 0 Å². The normalized spacial score (nSPS) is 13.7. The summed E-state index contributed by atoms with van der Waals surface area (Å²) in [6.45, 7) is 3.58. The number of ether oxygens (including phenoxy) is 1. The zero-order chi connectivity index (χ0) is 21.5. The van der Waals surface area contributed by atoms with Crippen LogP contribution in [0.5, 0.6) is 5.75 Å². The van der Waals surface area contributed by atoms with Crippen molar-refractivity contribution in [3.8, 4) is 5.75 Å². The number of methoxy groups -OCH3 is 1. The minimum atomic E-state index is -0.0522. The summed E-state index contributed by atoms with van der Waals surface area (Å²) in [5, 5.41) is 2.88. The number of anilines is 3. The van der Waals surface area contributed by atoms with Crippen LogP contribution < -0.4 is 19.9 Å². The fraction of sp³-hybridized carbons (Fsp3) is 0.292. The van der Waals surface area contributed by atoms with Gasteiger partial charge >= 0.3 is 0 Å². The Balaban J connectivity index is 1.25. The summed E-state index contributed by atoms with van der Waals surface area (Å²) in [6.07, 6.45) is 4.42. The monoisotopic (exact) mass is 417 g/mol. The number of aromatic nitrogens is 2. The molecule has 1 fully saturated rings. The van der Waals surface area contributed by atoms with Gasteiger partial charge in [-0.3, -0.25) is 4.79 Å². The highest BCUT2D eigenvalue weighted by molar-refractivity contribution is 5.90. The van der Waals surface area contributed by atoms with E-state index in [1.165, 1.54) is 5.69 Å². The Hall–Kier alpha value is -3.61. The number of aryl methyl sites for hydroxylation is 1. The SMILES string of the molecule is COc1ccc(CCC(=O)Nc2cnc(N3CCN(c4ccccc4)CC3)nc2)cc1. The fourth-order valence-corrected chi connectivity index (χ4v) is 3.63. The summed E-state index contributed by atoms with van der Waals surface area (Å²) in [6, 6.07) is 18.2. The topological polar surface area (TPSA) is 70.6 Å². The average molecular weight is 418 g/mol. The lowest BCUT2D eigenvalue weighted by molar-refractivity contribution is -0.116. The van der Waals surface area contributed by atoms with Crippen molar-refractivity contribution in [2.45, 2.75) is 12.8 Å². The molecule has 7 heteroatoms. The maximum Gasteiger partial charge on any atom is 0.225 e. The Morgan fingerprint density at radius 3 is 2.23 bits per heavy atom. The van der Waals surface area contributed by atoms with Crippen molar-refractivity contribution in [2.75, 3.05) is 48.4 Å². The lowest BCUT2D eigenvalue weighted by Gasteiger charge is -2.36. The van der Waals surface area contributed by atoms with Gasteiger partial charge in [0.15, 0.2) is 0 Å². The molecule has 0 saturated carbocycles. The van der Waals surface area contributed by atoms with Gasteiger partial charge in [0, 0.05) is 38.3 Å². The number of hydrogen-bond acceptors (Lipinski definition) is 6. The molecule has 0 atom stereocenters. The van der Waals surface area contributed by atoms with Crippen molar-refractivity contribution in [1.82, 2.24) is 9.97 Å². The number of benzene rings is 2. The van der Waals surface area contributed by atoms with E-state index < -0.39 is 0 Å². The van der Waals surface area contributed by atoms with E-state index in [1.807, 2.05) is 30.3 Å². The minimum absolute atomic E-state index is 0.0522. The van der Waals surface area contributed by atoms with E-state index in [9.17, 15) is 4.79 Å². The Labute approximate surface area is 182 Å². The van der Waals surface area contributed by atoms with E-state index in [-0.39, 0.29) is 5.91 Å². The highest BCUT2D eigenvalue weighted by atomic mass is 16.5. The van der Waals surface area contributed by atoms with E-state index in [1.54, 1.807) is 19.5 Å². The summed E-state index contributed by atoms with van der Waals surface area (Å²) < 4.78 is 5.15. The predicted molar refractivity (Wildman–Crippen MR) is 123 cm³/mol. The van der Waals surface area contributed by atoms with Crippen LogP contribution in [0.4, 0.5) is 17.3 Å². The van der Waals surface area contributed by atoms with Gasteiger partial charge in [-0.2, -0.15) is 0 Å². The van der Waals surface area contributed by atoms with Crippen LogP contribution in [-0.4, -0.2) is 49.2 Å². The zero-order valence-electron chi connectivity index (χ0n) is 17.7. The van der Waals surface area contributed by atoms with Crippen LogP contribution in [0.25, 0.3) is 0 Å². The van der Waals surface area contributed by atoms with Gasteiger partial charge in [-0.25, -0.2) is 9.97 Å². The van der Waals surface area contributed by atoms with Crippen molar-refractivity contribution < 1.29 is 9.53 Å². The number of piperazine rings is 1. The lowest BCUT2D eigenvalue weighted by atomic mass is 10.1. The second-order valence-electron chi connectivity index (χ2n) is 7.48. The molecule has 0 aliphatic carbocycles. The van der Waals surface area contributed by atoms with E-state index in [4.69, 9.17) is 4.74 Å². The van der Waals surface area contributed by atoms with Crippen LogP contribution in [0.1, 0.15) is 12.0 Å². The third-order valence-corrected chi connectivity index (χ3v) is 5.41. The summed E-state index contributed by atoms with van der Waals surface area (Å²) in [5.41, 5.74) is 2.96. The van der Waals surface area contributed by atoms with Gasteiger partial charge in [-0.15, -0.1) is 0 Å². The minimum Gasteiger partial charge on any atom is -0.497 e. The van der Waals surface area contributed by atoms with Crippen molar-refractivity contribution in [1.29, 1.82) is 0 Å². The third-order valence-electron chi connectivity index (χ3n) is 5.41. The molecule has 4 rings (SSSR count). The first kappa shape index (κ1) is 20.7. The van der Waals surface area contributed by atoms with Crippen molar-refractivity contribution in [2.24, 2.45) is 0 Å². The molecule has 2 heterocycles. The second-order valence-corrected chi connectivity index (χ2v) is 7.48. The number of carbonyl (C=O) groups is 1. The zero-order valence-corrected chi connectivity index (χ0v) is 17.7. The van der Waals surface area contributed by atoms with Gasteiger partial charge in [-0.1, -0.05) is 30.3 Å². The van der Waals surface area contributed by atoms with Gasteiger partial charge in [0.2, 0.25) is 11.9 Å². The molecular weight excluding hydrogens is 390 g/mol. The number of para-hydroxylation sites is 1. The second kappa shape index (κ2) is 9.93. The lowest BCUT2D eigenvalue weighted by Crippen LogP contribution is -2.47. The van der Waals surface area contributed by atoms with Gasteiger partial charge < -0.3 is 19.9 Å². The highest BCUT2D eigenvalue weighted by Gasteiger charge is 2.19. The Morgan fingerprint density at radius 2 is 1.58 bits per heavy atom. The molecule has 31 heavy (non-hydrogen) atoms. The average Bonchev–Trinajstić information content (AvgIpc) is 2.84. The molecule has 0 radical (unpaired) electrons. The number of carbonyl (C=O) groups excluding carboxylic acids is 1. The molecule has 1 N–H and O–H groups in total. The Morgan fingerprint density at radius 1 is 0.935 bits per heavy atom. The quantitative estimate of drug-likeness (QED) is 0.636. The molecule has 3 aromatic rings. The Kier molecular flexibility index (Phi) is 6.62. The number of amides is 1. The molecular formula is C24H27N5O2. The van der Waals surface area contributed by atoms with Gasteiger partial charge in [-0.05, 0) is 36.2 Å². The molecule has 0 spiro atoms. The summed E-state index contributed by atoms with van der Waals surface area (Å²) >= 11 is 0. The Bertz CT molecular complexity index is 969. The molecule has 2 aromatic carbocycles. The molecule has 0 unspecified atom stereocenters. The van der Waals surface area contributed by atoms with Gasteiger partial charge in [0.1, 0.15) is 5.75 Å². The predicted octanol–water partition coefficient (Wildman–Crippen LogP) is 3.38. The first-order valence-corrected chi connectivity index (χ1v) is 10.5. The van der Waals surface area contributed by atoms with Crippen molar-refractivity contribution >= 4 is 23.2 Å². The van der Waals surface area contributed by atoms with Crippen molar-refractivity contribution in [3.05, 3.63) is 72.6 Å². The molecule has 7 nitrogen and oxygen atoms in total. The molecule has 0 bridgehead atoms. The van der Waals surface area contributed by atoms with Crippen LogP contribution in [0.3, 0.4) is 0 Å². The molecule has 1 aromatic heterocycles. The number of nitrogens with zero attached hydrogens (tertiary/aromatic N) is 4. The first-order valence-electron chi connectivity index (χ1n) is 10.5. The van der Waals surface area contributed by atoms with Crippen LogP contribution in [0.2, 0.25) is 0 Å². The molecule has 1 saturated heterocycles. The maximum atomic E-state index is 12.3. The summed E-state index contributed by atoms with van der Waals surface area (Å²) in [4.78, 5) is 25.7. The van der Waals surface area contributed by atoms with E-state index in [0.717, 1.165) is 37.5 Å². The molecule has 1 amide bonds. The van der Waals surface area contributed by atoms with Crippen LogP contribution in [0, 0.1) is 0 Å². The summed E-state index contributed by atoms with van der Waals surface area (Å²) in [7, 11) is 1.64. The first-order chi connectivity index (χ1) is 15.2. The van der Waals surface area contributed by atoms with Gasteiger partial charge in [0.25, 0.3) is 0 Å². The van der Waals surface area contributed by atoms with Crippen LogP contribution in [-0.2, 0) is 11.2 Å². The highest BCUT2D eigenvalue weighted by Crippen LogP contribution is 2.18. The largest absolute Gasteiger partial charge is 0.497 e. The number of nitrogens with one attached hydrogen (secondary N) is 1.